The molecule has 1 aliphatic heterocycles. The molecule has 0 aliphatic carbocycles. The van der Waals surface area contributed by atoms with Gasteiger partial charge in [0.05, 0.1) is 10.8 Å². The van der Waals surface area contributed by atoms with Crippen LogP contribution in [0.5, 0.6) is 0 Å². The van der Waals surface area contributed by atoms with Crippen LogP contribution in [0.15, 0.2) is 0 Å². The Hall–Kier alpha value is -2.49. The maximum Gasteiger partial charge on any atom is 0.340 e. The number of hydroxylamine groups is 2. The standard InChI is InChI=1S/C19H31N3O7/c1-10(2)21-12(23)9-11(3)19(6,16(26)27)15(20)18(4,5)17(28)29-22-13(24)7-8-14(22)25/h10-11,15H,7-9,20H2,1-6H3,(H,21,23)(H,26,27). The van der Waals surface area contributed by atoms with Crippen LogP contribution in [0.3, 0.4) is 0 Å². The van der Waals surface area contributed by atoms with E-state index < -0.39 is 46.5 Å². The largest absolute Gasteiger partial charge is 0.481 e. The molecule has 164 valence electrons. The zero-order valence-electron chi connectivity index (χ0n) is 17.8. The van der Waals surface area contributed by atoms with E-state index in [4.69, 9.17) is 10.6 Å². The predicted octanol–water partition coefficient (Wildman–Crippen LogP) is 0.589. The first kappa shape index (κ1) is 24.5. The van der Waals surface area contributed by atoms with Crippen LogP contribution < -0.4 is 11.1 Å². The minimum absolute atomic E-state index is 0.0621. The highest BCUT2D eigenvalue weighted by atomic mass is 16.7. The molecule has 0 radical (unpaired) electrons. The molecule has 1 aliphatic rings. The van der Waals surface area contributed by atoms with Crippen LogP contribution >= 0.6 is 0 Å². The van der Waals surface area contributed by atoms with E-state index in [0.29, 0.717) is 5.06 Å². The summed E-state index contributed by atoms with van der Waals surface area (Å²) >= 11 is 0. The van der Waals surface area contributed by atoms with E-state index in [1.807, 2.05) is 0 Å². The van der Waals surface area contributed by atoms with Gasteiger partial charge >= 0.3 is 11.9 Å². The molecule has 4 N–H and O–H groups in total. The van der Waals surface area contributed by atoms with Crippen LogP contribution in [0.2, 0.25) is 0 Å². The van der Waals surface area contributed by atoms with Crippen LogP contribution in [0.4, 0.5) is 0 Å². The average molecular weight is 413 g/mol. The highest BCUT2D eigenvalue weighted by molar-refractivity contribution is 6.01. The van der Waals surface area contributed by atoms with E-state index in [0.717, 1.165) is 0 Å². The second-order valence-corrected chi connectivity index (χ2v) is 8.58. The number of carbonyl (C=O) groups is 5. The number of carboxylic acids is 1. The number of carboxylic acid groups (broad SMARTS) is 1. The SMILES string of the molecule is CC(C)NC(=O)CC(C)C(C)(C(=O)O)C(N)C(C)(C)C(=O)ON1C(=O)CCC1=O. The number of hydrogen-bond donors (Lipinski definition) is 3. The Morgan fingerprint density at radius 3 is 2.03 bits per heavy atom. The lowest BCUT2D eigenvalue weighted by Gasteiger charge is -2.43. The molecule has 1 saturated heterocycles. The fraction of sp³-hybridized carbons (Fsp3) is 0.737. The second kappa shape index (κ2) is 8.89. The molecule has 0 aromatic rings. The Morgan fingerprint density at radius 2 is 1.62 bits per heavy atom. The van der Waals surface area contributed by atoms with E-state index in [1.54, 1.807) is 20.8 Å². The van der Waals surface area contributed by atoms with Crippen molar-refractivity contribution in [3.63, 3.8) is 0 Å². The van der Waals surface area contributed by atoms with Gasteiger partial charge in [-0.15, -0.1) is 5.06 Å². The lowest BCUT2D eigenvalue weighted by molar-refractivity contribution is -0.207. The minimum Gasteiger partial charge on any atom is -0.481 e. The van der Waals surface area contributed by atoms with Gasteiger partial charge in [0.2, 0.25) is 5.91 Å². The number of aliphatic carboxylic acids is 1. The number of hydrogen-bond acceptors (Lipinski definition) is 7. The van der Waals surface area contributed by atoms with Crippen LogP contribution in [-0.2, 0) is 28.8 Å². The van der Waals surface area contributed by atoms with Crippen LogP contribution in [0, 0.1) is 16.7 Å². The highest BCUT2D eigenvalue weighted by Gasteiger charge is 2.54. The van der Waals surface area contributed by atoms with Gasteiger partial charge in [0.1, 0.15) is 0 Å². The van der Waals surface area contributed by atoms with Gasteiger partial charge in [-0.2, -0.15) is 0 Å². The van der Waals surface area contributed by atoms with E-state index in [9.17, 15) is 29.1 Å². The van der Waals surface area contributed by atoms with Gasteiger partial charge in [-0.3, -0.25) is 19.2 Å². The van der Waals surface area contributed by atoms with Crippen molar-refractivity contribution >= 4 is 29.7 Å². The van der Waals surface area contributed by atoms with Crippen molar-refractivity contribution in [2.75, 3.05) is 0 Å². The molecular weight excluding hydrogens is 382 g/mol. The molecule has 0 bridgehead atoms. The van der Waals surface area contributed by atoms with Gasteiger partial charge in [-0.1, -0.05) is 6.92 Å². The smallest absolute Gasteiger partial charge is 0.340 e. The van der Waals surface area contributed by atoms with Gasteiger partial charge in [-0.05, 0) is 40.5 Å². The maximum absolute atomic E-state index is 12.7. The van der Waals surface area contributed by atoms with Gasteiger partial charge < -0.3 is 21.0 Å². The van der Waals surface area contributed by atoms with Gasteiger partial charge in [0.25, 0.3) is 11.8 Å². The molecule has 3 unspecified atom stereocenters. The van der Waals surface area contributed by atoms with Crippen molar-refractivity contribution < 1.29 is 33.9 Å². The fourth-order valence-corrected chi connectivity index (χ4v) is 3.26. The van der Waals surface area contributed by atoms with E-state index in [-0.39, 0.29) is 31.2 Å². The molecule has 3 amide bonds. The van der Waals surface area contributed by atoms with E-state index >= 15 is 0 Å². The Bertz CT molecular complexity index is 688. The third-order valence-electron chi connectivity index (χ3n) is 5.56. The van der Waals surface area contributed by atoms with Gasteiger partial charge in [0.15, 0.2) is 0 Å². The Kier molecular flexibility index (Phi) is 7.53. The van der Waals surface area contributed by atoms with E-state index in [2.05, 4.69) is 5.32 Å². The molecule has 29 heavy (non-hydrogen) atoms. The minimum atomic E-state index is -1.67. The van der Waals surface area contributed by atoms with Crippen molar-refractivity contribution in [2.24, 2.45) is 22.5 Å². The summed E-state index contributed by atoms with van der Waals surface area (Å²) in [5.74, 6) is -4.62. The number of amides is 3. The van der Waals surface area contributed by atoms with Crippen LogP contribution in [0.1, 0.15) is 60.8 Å². The van der Waals surface area contributed by atoms with Crippen molar-refractivity contribution in [3.8, 4) is 0 Å². The molecule has 0 spiro atoms. The summed E-state index contributed by atoms with van der Waals surface area (Å²) in [7, 11) is 0. The number of nitrogens with two attached hydrogens (primary N) is 1. The number of nitrogens with one attached hydrogen (secondary N) is 1. The number of imide groups is 1. The third-order valence-corrected chi connectivity index (χ3v) is 5.56. The summed E-state index contributed by atoms with van der Waals surface area (Å²) in [6, 6.07) is -1.39. The third kappa shape index (κ3) is 5.11. The number of nitrogens with zero attached hydrogens (tertiary/aromatic N) is 1. The van der Waals surface area contributed by atoms with Crippen molar-refractivity contribution in [3.05, 3.63) is 0 Å². The second-order valence-electron chi connectivity index (χ2n) is 8.58. The summed E-state index contributed by atoms with van der Waals surface area (Å²) in [5, 5.41) is 13.0. The molecule has 1 heterocycles. The van der Waals surface area contributed by atoms with Crippen molar-refractivity contribution in [1.29, 1.82) is 0 Å². The first-order valence-electron chi connectivity index (χ1n) is 9.52. The molecule has 3 atom stereocenters. The molecule has 1 fully saturated rings. The molecule has 0 aromatic carbocycles. The van der Waals surface area contributed by atoms with Gasteiger partial charge in [-0.25, -0.2) is 4.79 Å². The van der Waals surface area contributed by atoms with Crippen LogP contribution in [0.25, 0.3) is 0 Å². The van der Waals surface area contributed by atoms with Crippen LogP contribution in [-0.4, -0.2) is 51.9 Å². The zero-order chi connectivity index (χ0) is 22.7. The first-order chi connectivity index (χ1) is 13.1. The normalized spacial score (nSPS) is 19.0. The lowest BCUT2D eigenvalue weighted by Crippen LogP contribution is -2.60. The summed E-state index contributed by atoms with van der Waals surface area (Å²) in [4.78, 5) is 65.3. The summed E-state index contributed by atoms with van der Waals surface area (Å²) in [6.45, 7) is 9.27. The molecular formula is C19H31N3O7. The molecule has 1 rings (SSSR count). The molecule has 0 aromatic heterocycles. The number of carbonyl (C=O) groups excluding carboxylic acids is 4. The molecule has 10 nitrogen and oxygen atoms in total. The maximum atomic E-state index is 12.7. The van der Waals surface area contributed by atoms with Crippen molar-refractivity contribution in [1.82, 2.24) is 10.4 Å². The fourth-order valence-electron chi connectivity index (χ4n) is 3.26. The highest BCUT2D eigenvalue weighted by Crippen LogP contribution is 2.41. The van der Waals surface area contributed by atoms with Crippen molar-refractivity contribution in [2.45, 2.75) is 72.9 Å². The summed E-state index contributed by atoms with van der Waals surface area (Å²) in [6.07, 6.45) is -0.232. The Balaban J connectivity index is 3.08. The van der Waals surface area contributed by atoms with Gasteiger partial charge in [0, 0.05) is 31.3 Å². The quantitative estimate of drug-likeness (QED) is 0.464. The topological polar surface area (TPSA) is 156 Å². The molecule has 0 saturated carbocycles. The van der Waals surface area contributed by atoms with E-state index in [1.165, 1.54) is 20.8 Å². The average Bonchev–Trinajstić information content (AvgIpc) is 2.90. The monoisotopic (exact) mass is 413 g/mol. The molecule has 10 heteroatoms. The summed E-state index contributed by atoms with van der Waals surface area (Å²) in [5.41, 5.74) is 3.01. The number of rotatable bonds is 9. The Morgan fingerprint density at radius 1 is 1.14 bits per heavy atom. The lowest BCUT2D eigenvalue weighted by atomic mass is 9.63. The first-order valence-corrected chi connectivity index (χ1v) is 9.52. The zero-order valence-corrected chi connectivity index (χ0v) is 17.8. The predicted molar refractivity (Wildman–Crippen MR) is 102 cm³/mol. The Labute approximate surface area is 170 Å². The summed E-state index contributed by atoms with van der Waals surface area (Å²) < 4.78 is 0.